The van der Waals surface area contributed by atoms with Crippen molar-refractivity contribution in [3.8, 4) is 0 Å². The molecule has 6 nitrogen and oxygen atoms in total. The van der Waals surface area contributed by atoms with Crippen LogP contribution in [0.1, 0.15) is 32.8 Å². The van der Waals surface area contributed by atoms with E-state index in [2.05, 4.69) is 4.98 Å². The van der Waals surface area contributed by atoms with Crippen molar-refractivity contribution in [1.82, 2.24) is 14.3 Å². The molecule has 27 heavy (non-hydrogen) atoms. The lowest BCUT2D eigenvalue weighted by Crippen LogP contribution is -2.29. The fourth-order valence-electron chi connectivity index (χ4n) is 3.53. The number of carboxylic acid groups (broad SMARTS) is 1. The van der Waals surface area contributed by atoms with Gasteiger partial charge in [0.1, 0.15) is 11.3 Å². The van der Waals surface area contributed by atoms with E-state index in [1.54, 1.807) is 41.1 Å². The Kier molecular flexibility index (Phi) is 4.58. The van der Waals surface area contributed by atoms with Crippen molar-refractivity contribution in [2.45, 2.75) is 12.8 Å². The minimum absolute atomic E-state index is 0.0708. The Hall–Kier alpha value is -2.86. The van der Waals surface area contributed by atoms with Gasteiger partial charge < -0.3 is 14.4 Å². The summed E-state index contributed by atoms with van der Waals surface area (Å²) >= 11 is 5.98. The molecule has 0 unspecified atom stereocenters. The summed E-state index contributed by atoms with van der Waals surface area (Å²) < 4.78 is 1.76. The van der Waals surface area contributed by atoms with Crippen LogP contribution in [-0.4, -0.2) is 44.4 Å². The van der Waals surface area contributed by atoms with Gasteiger partial charge in [-0.05, 0) is 48.6 Å². The molecule has 0 saturated carbocycles. The number of rotatable bonds is 4. The molecule has 1 atom stereocenters. The number of fused-ring (bicyclic) bond motifs is 1. The Balaban J connectivity index is 1.42. The van der Waals surface area contributed by atoms with Crippen LogP contribution in [0.2, 0.25) is 5.02 Å². The Labute approximate surface area is 161 Å². The number of halogens is 1. The molecule has 1 aromatic carbocycles. The van der Waals surface area contributed by atoms with Gasteiger partial charge in [-0.3, -0.25) is 4.79 Å². The van der Waals surface area contributed by atoms with Gasteiger partial charge in [0.05, 0.1) is 10.6 Å². The van der Waals surface area contributed by atoms with Gasteiger partial charge in [-0.2, -0.15) is 0 Å². The molecule has 1 fully saturated rings. The second-order valence-electron chi connectivity index (χ2n) is 6.85. The molecule has 2 aromatic heterocycles. The minimum atomic E-state index is -0.923. The Morgan fingerprint density at radius 2 is 1.93 bits per heavy atom. The van der Waals surface area contributed by atoms with Gasteiger partial charge in [0.15, 0.2) is 0 Å². The molecule has 0 radical (unpaired) electrons. The minimum Gasteiger partial charge on any atom is -0.478 e. The molecule has 1 N–H and O–H groups in total. The predicted octanol–water partition coefficient (Wildman–Crippen LogP) is 3.39. The molecule has 1 aliphatic rings. The van der Waals surface area contributed by atoms with E-state index in [0.29, 0.717) is 35.4 Å². The Morgan fingerprint density at radius 3 is 2.67 bits per heavy atom. The van der Waals surface area contributed by atoms with E-state index in [1.807, 2.05) is 17.0 Å². The Morgan fingerprint density at radius 1 is 1.15 bits per heavy atom. The number of aromatic carboxylic acids is 1. The molecule has 0 aliphatic carbocycles. The van der Waals surface area contributed by atoms with Crippen molar-refractivity contribution < 1.29 is 14.7 Å². The van der Waals surface area contributed by atoms with E-state index in [9.17, 15) is 9.59 Å². The van der Waals surface area contributed by atoms with Crippen LogP contribution >= 0.6 is 11.6 Å². The number of aromatic nitrogens is 2. The lowest BCUT2D eigenvalue weighted by Gasteiger charge is -2.15. The standard InChI is InChI=1S/C20H18ClN3O3/c21-16-5-6-18-22-17(12-24(18)11-16)19(25)23-8-7-14(10-23)9-13-1-3-15(4-2-13)20(26)27/h1-6,11-12,14H,7-10H2,(H,26,27)/t14-/m0/s1. The van der Waals surface area contributed by atoms with E-state index < -0.39 is 5.97 Å². The molecule has 0 bridgehead atoms. The molecule has 1 amide bonds. The highest BCUT2D eigenvalue weighted by molar-refractivity contribution is 6.30. The van der Waals surface area contributed by atoms with E-state index in [1.165, 1.54) is 0 Å². The summed E-state index contributed by atoms with van der Waals surface area (Å²) in [7, 11) is 0. The van der Waals surface area contributed by atoms with Crippen LogP contribution in [0.15, 0.2) is 48.8 Å². The number of hydrogen-bond acceptors (Lipinski definition) is 3. The summed E-state index contributed by atoms with van der Waals surface area (Å²) in [6.45, 7) is 1.37. The maximum absolute atomic E-state index is 12.8. The number of likely N-dealkylation sites (tertiary alicyclic amines) is 1. The number of amides is 1. The quantitative estimate of drug-likeness (QED) is 0.749. The molecule has 4 rings (SSSR count). The zero-order valence-electron chi connectivity index (χ0n) is 14.5. The topological polar surface area (TPSA) is 74.9 Å². The van der Waals surface area contributed by atoms with Gasteiger partial charge >= 0.3 is 5.97 Å². The number of nitrogens with zero attached hydrogens (tertiary/aromatic N) is 3. The number of imidazole rings is 1. The molecule has 3 aromatic rings. The number of benzene rings is 1. The van der Waals surface area contributed by atoms with Crippen LogP contribution in [0.5, 0.6) is 0 Å². The zero-order chi connectivity index (χ0) is 19.0. The fourth-order valence-corrected chi connectivity index (χ4v) is 3.70. The smallest absolute Gasteiger partial charge is 0.335 e. The van der Waals surface area contributed by atoms with Crippen molar-refractivity contribution in [1.29, 1.82) is 0 Å². The molecule has 1 saturated heterocycles. The molecular weight excluding hydrogens is 366 g/mol. The highest BCUT2D eigenvalue weighted by Gasteiger charge is 2.28. The van der Waals surface area contributed by atoms with Gasteiger partial charge in [0, 0.05) is 25.5 Å². The van der Waals surface area contributed by atoms with Crippen LogP contribution in [0, 0.1) is 5.92 Å². The molecule has 1 aliphatic heterocycles. The van der Waals surface area contributed by atoms with E-state index in [0.717, 1.165) is 18.4 Å². The van der Waals surface area contributed by atoms with Crippen molar-refractivity contribution in [3.05, 3.63) is 70.6 Å². The number of carboxylic acids is 1. The molecule has 3 heterocycles. The van der Waals surface area contributed by atoms with Gasteiger partial charge in [0.25, 0.3) is 5.91 Å². The number of carbonyl (C=O) groups excluding carboxylic acids is 1. The zero-order valence-corrected chi connectivity index (χ0v) is 15.3. The normalized spacial score (nSPS) is 16.8. The monoisotopic (exact) mass is 383 g/mol. The largest absolute Gasteiger partial charge is 0.478 e. The number of hydrogen-bond donors (Lipinski definition) is 1. The third-order valence-corrected chi connectivity index (χ3v) is 5.16. The first-order valence-corrected chi connectivity index (χ1v) is 9.13. The van der Waals surface area contributed by atoms with Gasteiger partial charge in [-0.1, -0.05) is 23.7 Å². The first-order chi connectivity index (χ1) is 13.0. The highest BCUT2D eigenvalue weighted by atomic mass is 35.5. The average Bonchev–Trinajstić information content (AvgIpc) is 3.28. The van der Waals surface area contributed by atoms with Crippen LogP contribution < -0.4 is 0 Å². The molecule has 138 valence electrons. The van der Waals surface area contributed by atoms with Gasteiger partial charge in [-0.15, -0.1) is 0 Å². The third-order valence-electron chi connectivity index (χ3n) is 4.93. The van der Waals surface area contributed by atoms with Crippen molar-refractivity contribution in [3.63, 3.8) is 0 Å². The van der Waals surface area contributed by atoms with Crippen molar-refractivity contribution >= 4 is 29.1 Å². The van der Waals surface area contributed by atoms with Crippen molar-refractivity contribution in [2.75, 3.05) is 13.1 Å². The van der Waals surface area contributed by atoms with Crippen molar-refractivity contribution in [2.24, 2.45) is 5.92 Å². The second-order valence-corrected chi connectivity index (χ2v) is 7.29. The van der Waals surface area contributed by atoms with Gasteiger partial charge in [-0.25, -0.2) is 9.78 Å². The summed E-state index contributed by atoms with van der Waals surface area (Å²) in [5.74, 6) is -0.636. The third kappa shape index (κ3) is 3.66. The summed E-state index contributed by atoms with van der Waals surface area (Å²) in [5.41, 5.74) is 2.48. The molecule has 7 heteroatoms. The second kappa shape index (κ2) is 7.04. The maximum Gasteiger partial charge on any atom is 0.335 e. The van der Waals surface area contributed by atoms with Crippen LogP contribution in [0.25, 0.3) is 5.65 Å². The first-order valence-electron chi connectivity index (χ1n) is 8.75. The average molecular weight is 384 g/mol. The lowest BCUT2D eigenvalue weighted by molar-refractivity contribution is 0.0696. The maximum atomic E-state index is 12.8. The summed E-state index contributed by atoms with van der Waals surface area (Å²) in [4.78, 5) is 29.9. The summed E-state index contributed by atoms with van der Waals surface area (Å²) in [5, 5.41) is 9.56. The fraction of sp³-hybridized carbons (Fsp3) is 0.250. The molecule has 0 spiro atoms. The SMILES string of the molecule is O=C(O)c1ccc(C[C@@H]2CCN(C(=O)c3cn4cc(Cl)ccc4n3)C2)cc1. The summed E-state index contributed by atoms with van der Waals surface area (Å²) in [6, 6.07) is 10.5. The van der Waals surface area contributed by atoms with E-state index >= 15 is 0 Å². The number of carbonyl (C=O) groups is 2. The molecular formula is C20H18ClN3O3. The van der Waals surface area contributed by atoms with Crippen LogP contribution in [0.3, 0.4) is 0 Å². The van der Waals surface area contributed by atoms with Crippen LogP contribution in [0.4, 0.5) is 0 Å². The Bertz CT molecular complexity index is 1010. The predicted molar refractivity (Wildman–Crippen MR) is 101 cm³/mol. The van der Waals surface area contributed by atoms with Gasteiger partial charge in [0.2, 0.25) is 0 Å². The number of pyridine rings is 1. The first kappa shape index (κ1) is 17.5. The highest BCUT2D eigenvalue weighted by Crippen LogP contribution is 2.23. The van der Waals surface area contributed by atoms with E-state index in [-0.39, 0.29) is 11.5 Å². The van der Waals surface area contributed by atoms with E-state index in [4.69, 9.17) is 16.7 Å². The van der Waals surface area contributed by atoms with Crippen LogP contribution in [-0.2, 0) is 6.42 Å². The lowest BCUT2D eigenvalue weighted by atomic mass is 9.98. The summed E-state index contributed by atoms with van der Waals surface area (Å²) in [6.07, 6.45) is 5.19.